The molecule has 1 amide bonds. The van der Waals surface area contributed by atoms with Gasteiger partial charge in [0.15, 0.2) is 15.6 Å². The first-order chi connectivity index (χ1) is 12.9. The molecule has 1 aromatic carbocycles. The summed E-state index contributed by atoms with van der Waals surface area (Å²) in [6.45, 7) is 0. The number of amides is 1. The van der Waals surface area contributed by atoms with E-state index in [0.717, 1.165) is 6.26 Å². The van der Waals surface area contributed by atoms with E-state index in [-0.39, 0.29) is 10.5 Å². The van der Waals surface area contributed by atoms with Gasteiger partial charge in [-0.05, 0) is 42.5 Å². The molecule has 0 aliphatic rings. The summed E-state index contributed by atoms with van der Waals surface area (Å²) in [5.41, 5.74) is 1.36. The van der Waals surface area contributed by atoms with Crippen LogP contribution in [0.25, 0.3) is 17.1 Å². The van der Waals surface area contributed by atoms with E-state index in [1.807, 2.05) is 18.2 Å². The van der Waals surface area contributed by atoms with Gasteiger partial charge in [0.2, 0.25) is 0 Å². The molecule has 0 aliphatic heterocycles. The number of hydrogen-bond donors (Lipinski definition) is 1. The summed E-state index contributed by atoms with van der Waals surface area (Å²) in [4.78, 5) is 17.4. The third-order valence-electron chi connectivity index (χ3n) is 4.04. The second-order valence-electron chi connectivity index (χ2n) is 5.97. The number of rotatable bonds is 4. The van der Waals surface area contributed by atoms with E-state index in [0.29, 0.717) is 22.9 Å². The Hall–Kier alpha value is -3.39. The normalized spacial score (nSPS) is 11.6. The minimum atomic E-state index is -3.41. The minimum Gasteiger partial charge on any atom is -0.463 e. The second-order valence-corrected chi connectivity index (χ2v) is 7.99. The number of fused-ring (bicyclic) bond motifs is 1. The molecule has 0 saturated carbocycles. The van der Waals surface area contributed by atoms with E-state index in [2.05, 4.69) is 10.3 Å². The molecule has 3 aromatic heterocycles. The number of hydrogen-bond acceptors (Lipinski definition) is 5. The lowest BCUT2D eigenvalue weighted by Crippen LogP contribution is -2.14. The third kappa shape index (κ3) is 3.22. The number of carbonyl (C=O) groups excluding carboxylic acids is 1. The van der Waals surface area contributed by atoms with Crippen molar-refractivity contribution >= 4 is 27.2 Å². The van der Waals surface area contributed by atoms with Gasteiger partial charge < -0.3 is 9.73 Å². The number of nitrogens with one attached hydrogen (secondary N) is 1. The first-order valence-corrected chi connectivity index (χ1v) is 9.95. The van der Waals surface area contributed by atoms with Crippen molar-refractivity contribution in [3.05, 3.63) is 72.6 Å². The fourth-order valence-corrected chi connectivity index (χ4v) is 3.41. The fourth-order valence-electron chi connectivity index (χ4n) is 2.75. The van der Waals surface area contributed by atoms with Crippen molar-refractivity contribution in [1.82, 2.24) is 9.38 Å². The maximum atomic E-state index is 12.8. The molecular weight excluding hydrogens is 366 g/mol. The Labute approximate surface area is 155 Å². The van der Waals surface area contributed by atoms with Gasteiger partial charge in [0.05, 0.1) is 11.2 Å². The summed E-state index contributed by atoms with van der Waals surface area (Å²) < 4.78 is 30.7. The Bertz CT molecular complexity index is 1240. The van der Waals surface area contributed by atoms with Crippen molar-refractivity contribution in [3.8, 4) is 11.5 Å². The molecular formula is C19H15N3O4S. The topological polar surface area (TPSA) is 93.7 Å². The highest BCUT2D eigenvalue weighted by molar-refractivity contribution is 7.90. The van der Waals surface area contributed by atoms with Crippen molar-refractivity contribution in [2.45, 2.75) is 4.90 Å². The molecule has 27 heavy (non-hydrogen) atoms. The van der Waals surface area contributed by atoms with Crippen LogP contribution in [0.2, 0.25) is 0 Å². The van der Waals surface area contributed by atoms with Crippen molar-refractivity contribution < 1.29 is 17.6 Å². The number of carbonyl (C=O) groups is 1. The van der Waals surface area contributed by atoms with Crippen LogP contribution < -0.4 is 5.32 Å². The Kier molecular flexibility index (Phi) is 4.04. The smallest absolute Gasteiger partial charge is 0.256 e. The molecule has 4 rings (SSSR count). The Morgan fingerprint density at radius 2 is 1.96 bits per heavy atom. The zero-order chi connectivity index (χ0) is 19.0. The minimum absolute atomic E-state index is 0.0829. The van der Waals surface area contributed by atoms with Crippen LogP contribution >= 0.6 is 0 Å². The lowest BCUT2D eigenvalue weighted by atomic mass is 10.2. The Morgan fingerprint density at radius 3 is 2.70 bits per heavy atom. The number of aromatic nitrogens is 2. The largest absolute Gasteiger partial charge is 0.463 e. The zero-order valence-corrected chi connectivity index (χ0v) is 15.1. The van der Waals surface area contributed by atoms with Crippen molar-refractivity contribution in [2.24, 2.45) is 0 Å². The maximum absolute atomic E-state index is 12.8. The lowest BCUT2D eigenvalue weighted by Gasteiger charge is -2.08. The third-order valence-corrected chi connectivity index (χ3v) is 5.15. The molecule has 4 aromatic rings. The standard InChI is InChI=1S/C19H15N3O4S/c1-27(24,25)14-7-4-6-13(12-14)19(23)21-18-17(15-8-5-11-26-15)20-16-9-2-3-10-22(16)18/h2-12H,1H3,(H,21,23). The molecule has 8 heteroatoms. The summed E-state index contributed by atoms with van der Waals surface area (Å²) in [5.74, 6) is 0.508. The molecule has 7 nitrogen and oxygen atoms in total. The number of imidazole rings is 1. The SMILES string of the molecule is CS(=O)(=O)c1cccc(C(=O)Nc2c(-c3ccco3)nc3ccccn23)c1. The summed E-state index contributed by atoms with van der Waals surface area (Å²) in [6, 6.07) is 14.9. The van der Waals surface area contributed by atoms with Gasteiger partial charge in [-0.15, -0.1) is 0 Å². The van der Waals surface area contributed by atoms with Crippen LogP contribution in [0.4, 0.5) is 5.82 Å². The van der Waals surface area contributed by atoms with Gasteiger partial charge in [-0.25, -0.2) is 13.4 Å². The van der Waals surface area contributed by atoms with Crippen LogP contribution in [0.5, 0.6) is 0 Å². The van der Waals surface area contributed by atoms with Crippen LogP contribution in [0.3, 0.4) is 0 Å². The van der Waals surface area contributed by atoms with Gasteiger partial charge in [-0.1, -0.05) is 12.1 Å². The maximum Gasteiger partial charge on any atom is 0.256 e. The first kappa shape index (κ1) is 17.0. The van der Waals surface area contributed by atoms with Crippen molar-refractivity contribution in [3.63, 3.8) is 0 Å². The summed E-state index contributed by atoms with van der Waals surface area (Å²) in [7, 11) is -3.41. The fraction of sp³-hybridized carbons (Fsp3) is 0.0526. The van der Waals surface area contributed by atoms with Crippen LogP contribution in [0.15, 0.2) is 76.4 Å². The van der Waals surface area contributed by atoms with Gasteiger partial charge in [-0.2, -0.15) is 0 Å². The lowest BCUT2D eigenvalue weighted by molar-refractivity contribution is 0.102. The Morgan fingerprint density at radius 1 is 1.11 bits per heavy atom. The van der Waals surface area contributed by atoms with Gasteiger partial charge in [0.25, 0.3) is 5.91 Å². The molecule has 1 N–H and O–H groups in total. The average molecular weight is 381 g/mol. The number of anilines is 1. The van der Waals surface area contributed by atoms with Crippen molar-refractivity contribution in [2.75, 3.05) is 11.6 Å². The van der Waals surface area contributed by atoms with Crippen LogP contribution in [0, 0.1) is 0 Å². The van der Waals surface area contributed by atoms with E-state index < -0.39 is 15.7 Å². The molecule has 0 aliphatic carbocycles. The van der Waals surface area contributed by atoms with E-state index in [9.17, 15) is 13.2 Å². The Balaban J connectivity index is 1.78. The van der Waals surface area contributed by atoms with E-state index >= 15 is 0 Å². The predicted octanol–water partition coefficient (Wildman–Crippen LogP) is 3.25. The highest BCUT2D eigenvalue weighted by Crippen LogP contribution is 2.29. The molecule has 0 saturated heterocycles. The van der Waals surface area contributed by atoms with Gasteiger partial charge in [0.1, 0.15) is 17.2 Å². The van der Waals surface area contributed by atoms with E-state index in [4.69, 9.17) is 4.42 Å². The van der Waals surface area contributed by atoms with Crippen molar-refractivity contribution in [1.29, 1.82) is 0 Å². The van der Waals surface area contributed by atoms with Gasteiger partial charge >= 0.3 is 0 Å². The highest BCUT2D eigenvalue weighted by Gasteiger charge is 2.19. The average Bonchev–Trinajstić information content (AvgIpc) is 3.29. The summed E-state index contributed by atoms with van der Waals surface area (Å²) in [6.07, 6.45) is 4.40. The summed E-state index contributed by atoms with van der Waals surface area (Å²) >= 11 is 0. The van der Waals surface area contributed by atoms with Gasteiger partial charge in [-0.3, -0.25) is 9.20 Å². The number of pyridine rings is 1. The van der Waals surface area contributed by atoms with Gasteiger partial charge in [0, 0.05) is 18.0 Å². The van der Waals surface area contributed by atoms with E-state index in [1.165, 1.54) is 24.5 Å². The highest BCUT2D eigenvalue weighted by atomic mass is 32.2. The van der Waals surface area contributed by atoms with Crippen LogP contribution in [-0.4, -0.2) is 30.0 Å². The molecule has 0 unspecified atom stereocenters. The molecule has 136 valence electrons. The van der Waals surface area contributed by atoms with Crippen LogP contribution in [-0.2, 0) is 9.84 Å². The molecule has 0 atom stereocenters. The number of sulfone groups is 1. The predicted molar refractivity (Wildman–Crippen MR) is 100 cm³/mol. The molecule has 0 fully saturated rings. The van der Waals surface area contributed by atoms with E-state index in [1.54, 1.807) is 28.8 Å². The summed E-state index contributed by atoms with van der Waals surface area (Å²) in [5, 5.41) is 2.82. The zero-order valence-electron chi connectivity index (χ0n) is 14.3. The monoisotopic (exact) mass is 381 g/mol. The number of benzene rings is 1. The second kappa shape index (κ2) is 6.40. The quantitative estimate of drug-likeness (QED) is 0.586. The number of furan rings is 1. The molecule has 0 bridgehead atoms. The molecule has 3 heterocycles. The first-order valence-electron chi connectivity index (χ1n) is 8.06. The van der Waals surface area contributed by atoms with Crippen LogP contribution in [0.1, 0.15) is 10.4 Å². The number of nitrogens with zero attached hydrogens (tertiary/aromatic N) is 2. The molecule has 0 spiro atoms. The molecule has 0 radical (unpaired) electrons.